The van der Waals surface area contributed by atoms with Crippen LogP contribution < -0.4 is 0 Å². The SMILES string of the molecule is CC1=CCCC(C)(C)C1C1CC(C)OCS1. The van der Waals surface area contributed by atoms with Crippen LogP contribution in [0, 0.1) is 11.3 Å². The van der Waals surface area contributed by atoms with Crippen molar-refractivity contribution in [1.29, 1.82) is 0 Å². The Hall–Kier alpha value is 0.0500. The van der Waals surface area contributed by atoms with E-state index in [0.717, 1.165) is 17.1 Å². The average Bonchev–Trinajstić information content (AvgIpc) is 2.15. The van der Waals surface area contributed by atoms with E-state index in [1.807, 2.05) is 11.8 Å². The van der Waals surface area contributed by atoms with E-state index in [4.69, 9.17) is 4.74 Å². The van der Waals surface area contributed by atoms with Gasteiger partial charge in [-0.2, -0.15) is 0 Å². The van der Waals surface area contributed by atoms with E-state index in [9.17, 15) is 0 Å². The second-order valence-electron chi connectivity index (χ2n) is 5.99. The van der Waals surface area contributed by atoms with Crippen LogP contribution in [0.5, 0.6) is 0 Å². The Bertz CT molecular complexity index is 282. The van der Waals surface area contributed by atoms with Crippen LogP contribution in [0.2, 0.25) is 0 Å². The fraction of sp³-hybridized carbons (Fsp3) is 0.857. The van der Waals surface area contributed by atoms with Gasteiger partial charge in [-0.1, -0.05) is 25.5 Å². The van der Waals surface area contributed by atoms with E-state index in [0.29, 0.717) is 11.5 Å². The third-order valence-electron chi connectivity index (χ3n) is 4.16. The van der Waals surface area contributed by atoms with Gasteiger partial charge in [0.1, 0.15) is 0 Å². The molecule has 0 N–H and O–H groups in total. The number of hydrogen-bond donors (Lipinski definition) is 0. The highest BCUT2D eigenvalue weighted by atomic mass is 32.2. The van der Waals surface area contributed by atoms with Gasteiger partial charge < -0.3 is 4.74 Å². The molecular formula is C14H24OS. The summed E-state index contributed by atoms with van der Waals surface area (Å²) in [6.45, 7) is 9.41. The molecule has 92 valence electrons. The van der Waals surface area contributed by atoms with Crippen LogP contribution in [0.1, 0.15) is 47.0 Å². The van der Waals surface area contributed by atoms with Crippen molar-refractivity contribution in [3.63, 3.8) is 0 Å². The standard InChI is InChI=1S/C14H24OS/c1-10-6-5-7-14(3,4)13(10)12-8-11(2)15-9-16-12/h6,11-13H,5,7-9H2,1-4H3. The van der Waals surface area contributed by atoms with Gasteiger partial charge in [-0.15, -0.1) is 11.8 Å². The number of rotatable bonds is 1. The van der Waals surface area contributed by atoms with Crippen molar-refractivity contribution < 1.29 is 4.74 Å². The summed E-state index contributed by atoms with van der Waals surface area (Å²) in [5.41, 5.74) is 2.08. The lowest BCUT2D eigenvalue weighted by atomic mass is 9.66. The maximum atomic E-state index is 5.65. The molecule has 0 aromatic heterocycles. The van der Waals surface area contributed by atoms with Crippen molar-refractivity contribution >= 4 is 11.8 Å². The third kappa shape index (κ3) is 2.48. The molecule has 0 saturated carbocycles. The molecule has 0 radical (unpaired) electrons. The van der Waals surface area contributed by atoms with Crippen LogP contribution in [0.3, 0.4) is 0 Å². The van der Waals surface area contributed by atoms with E-state index >= 15 is 0 Å². The first-order chi connectivity index (χ1) is 7.50. The van der Waals surface area contributed by atoms with Crippen LogP contribution in [0.15, 0.2) is 11.6 Å². The minimum absolute atomic E-state index is 0.441. The fourth-order valence-electron chi connectivity index (χ4n) is 3.31. The van der Waals surface area contributed by atoms with Crippen LogP contribution in [-0.4, -0.2) is 17.3 Å². The molecule has 0 bridgehead atoms. The van der Waals surface area contributed by atoms with Gasteiger partial charge in [0.2, 0.25) is 0 Å². The number of hydrogen-bond acceptors (Lipinski definition) is 2. The zero-order chi connectivity index (χ0) is 11.8. The molecule has 1 nitrogen and oxygen atoms in total. The Balaban J connectivity index is 2.16. The van der Waals surface area contributed by atoms with E-state index < -0.39 is 0 Å². The number of thioether (sulfide) groups is 1. The van der Waals surface area contributed by atoms with Gasteiger partial charge >= 0.3 is 0 Å². The summed E-state index contributed by atoms with van der Waals surface area (Å²) in [5, 5.41) is 0.760. The van der Waals surface area contributed by atoms with Crippen molar-refractivity contribution in [2.24, 2.45) is 11.3 Å². The predicted molar refractivity (Wildman–Crippen MR) is 71.7 cm³/mol. The van der Waals surface area contributed by atoms with Crippen molar-refractivity contribution in [3.8, 4) is 0 Å². The first-order valence-electron chi connectivity index (χ1n) is 6.40. The summed E-state index contributed by atoms with van der Waals surface area (Å²) in [5.74, 6) is 1.63. The smallest absolute Gasteiger partial charge is 0.0927 e. The van der Waals surface area contributed by atoms with Gasteiger partial charge in [0.05, 0.1) is 12.0 Å². The van der Waals surface area contributed by atoms with Gasteiger partial charge in [-0.05, 0) is 44.4 Å². The van der Waals surface area contributed by atoms with Gasteiger partial charge in [0.25, 0.3) is 0 Å². The highest BCUT2D eigenvalue weighted by Gasteiger charge is 2.40. The average molecular weight is 240 g/mol. The Morgan fingerprint density at radius 3 is 2.81 bits per heavy atom. The van der Waals surface area contributed by atoms with E-state index in [1.54, 1.807) is 5.57 Å². The summed E-state index contributed by atoms with van der Waals surface area (Å²) in [6, 6.07) is 0. The third-order valence-corrected chi connectivity index (χ3v) is 5.32. The zero-order valence-corrected chi connectivity index (χ0v) is 11.8. The molecule has 0 amide bonds. The van der Waals surface area contributed by atoms with Crippen molar-refractivity contribution in [3.05, 3.63) is 11.6 Å². The molecule has 2 aliphatic rings. The molecular weight excluding hydrogens is 216 g/mol. The van der Waals surface area contributed by atoms with Gasteiger partial charge in [-0.3, -0.25) is 0 Å². The molecule has 2 heteroatoms. The molecule has 1 aliphatic carbocycles. The lowest BCUT2D eigenvalue weighted by molar-refractivity contribution is 0.0737. The Morgan fingerprint density at radius 1 is 1.44 bits per heavy atom. The number of ether oxygens (including phenoxy) is 1. The van der Waals surface area contributed by atoms with Gasteiger partial charge in [-0.25, -0.2) is 0 Å². The Kier molecular flexibility index (Phi) is 3.70. The molecule has 16 heavy (non-hydrogen) atoms. The molecule has 1 aliphatic heterocycles. The minimum atomic E-state index is 0.441. The molecule has 1 saturated heterocycles. The zero-order valence-electron chi connectivity index (χ0n) is 11.0. The van der Waals surface area contributed by atoms with Crippen LogP contribution in [0.4, 0.5) is 0 Å². The summed E-state index contributed by atoms with van der Waals surface area (Å²) in [6.07, 6.45) is 6.71. The lowest BCUT2D eigenvalue weighted by Crippen LogP contribution is -2.39. The Labute approximate surface area is 104 Å². The van der Waals surface area contributed by atoms with E-state index in [2.05, 4.69) is 33.8 Å². The van der Waals surface area contributed by atoms with Crippen LogP contribution >= 0.6 is 11.8 Å². The summed E-state index contributed by atoms with van der Waals surface area (Å²) >= 11 is 2.02. The van der Waals surface area contributed by atoms with Crippen molar-refractivity contribution in [1.82, 2.24) is 0 Å². The normalized spacial score (nSPS) is 39.2. The van der Waals surface area contributed by atoms with Gasteiger partial charge in [0, 0.05) is 5.25 Å². The Morgan fingerprint density at radius 2 is 2.19 bits per heavy atom. The summed E-state index contributed by atoms with van der Waals surface area (Å²) < 4.78 is 5.65. The summed E-state index contributed by atoms with van der Waals surface area (Å²) in [4.78, 5) is 0. The highest BCUT2D eigenvalue weighted by Crippen LogP contribution is 2.48. The van der Waals surface area contributed by atoms with E-state index in [1.165, 1.54) is 19.3 Å². The van der Waals surface area contributed by atoms with Gasteiger partial charge in [0.15, 0.2) is 0 Å². The lowest BCUT2D eigenvalue weighted by Gasteiger charge is -2.45. The molecule has 3 atom stereocenters. The fourth-order valence-corrected chi connectivity index (χ4v) is 4.97. The maximum Gasteiger partial charge on any atom is 0.0927 e. The first-order valence-corrected chi connectivity index (χ1v) is 7.45. The second-order valence-corrected chi connectivity index (χ2v) is 7.16. The number of allylic oxidation sites excluding steroid dienone is 2. The molecule has 2 rings (SSSR count). The monoisotopic (exact) mass is 240 g/mol. The molecule has 0 aromatic rings. The van der Waals surface area contributed by atoms with Crippen molar-refractivity contribution in [2.45, 2.75) is 58.3 Å². The van der Waals surface area contributed by atoms with Crippen LogP contribution in [0.25, 0.3) is 0 Å². The van der Waals surface area contributed by atoms with E-state index in [-0.39, 0.29) is 0 Å². The van der Waals surface area contributed by atoms with Crippen LogP contribution in [-0.2, 0) is 4.74 Å². The minimum Gasteiger partial charge on any atom is -0.368 e. The highest BCUT2D eigenvalue weighted by molar-refractivity contribution is 7.99. The maximum absolute atomic E-state index is 5.65. The molecule has 0 spiro atoms. The molecule has 1 heterocycles. The topological polar surface area (TPSA) is 9.23 Å². The predicted octanol–water partition coefficient (Wildman–Crippen LogP) is 4.24. The molecule has 1 fully saturated rings. The quantitative estimate of drug-likeness (QED) is 0.634. The first kappa shape index (κ1) is 12.5. The molecule has 0 aromatic carbocycles. The van der Waals surface area contributed by atoms with Crippen molar-refractivity contribution in [2.75, 3.05) is 5.94 Å². The summed E-state index contributed by atoms with van der Waals surface area (Å²) in [7, 11) is 0. The second kappa shape index (κ2) is 4.73. The largest absolute Gasteiger partial charge is 0.368 e. The molecule has 3 unspecified atom stereocenters.